The van der Waals surface area contributed by atoms with Crippen LogP contribution in [0, 0.1) is 19.8 Å². The summed E-state index contributed by atoms with van der Waals surface area (Å²) in [5, 5.41) is 2.65. The highest BCUT2D eigenvalue weighted by Crippen LogP contribution is 2.23. The van der Waals surface area contributed by atoms with Crippen LogP contribution >= 0.6 is 0 Å². The monoisotopic (exact) mass is 488 g/mol. The molecule has 2 N–H and O–H groups in total. The van der Waals surface area contributed by atoms with E-state index < -0.39 is 36.3 Å². The van der Waals surface area contributed by atoms with Crippen molar-refractivity contribution in [2.24, 2.45) is 5.92 Å². The van der Waals surface area contributed by atoms with E-state index in [-0.39, 0.29) is 29.3 Å². The molecule has 10 nitrogen and oxygen atoms in total. The highest BCUT2D eigenvalue weighted by molar-refractivity contribution is 6.03. The number of ketones is 1. The molecule has 0 radical (unpaired) electrons. The third-order valence-corrected chi connectivity index (χ3v) is 5.36. The number of rotatable bonds is 11. The molecule has 1 amide bonds. The third-order valence-electron chi connectivity index (χ3n) is 5.36. The van der Waals surface area contributed by atoms with E-state index in [0.717, 1.165) is 0 Å². The lowest BCUT2D eigenvalue weighted by Gasteiger charge is -2.21. The molecule has 1 heterocycles. The molecular formula is C25H32N2O8. The maximum atomic E-state index is 12.8. The Morgan fingerprint density at radius 1 is 0.971 bits per heavy atom. The summed E-state index contributed by atoms with van der Waals surface area (Å²) in [5.74, 6) is -1.82. The largest absolute Gasteiger partial charge is 0.497 e. The summed E-state index contributed by atoms with van der Waals surface area (Å²) in [6.45, 7) is 8.08. The van der Waals surface area contributed by atoms with E-state index >= 15 is 0 Å². The van der Waals surface area contributed by atoms with Gasteiger partial charge in [0.1, 0.15) is 17.5 Å². The lowest BCUT2D eigenvalue weighted by atomic mass is 10.0. The van der Waals surface area contributed by atoms with E-state index in [2.05, 4.69) is 10.3 Å². The van der Waals surface area contributed by atoms with E-state index in [1.165, 1.54) is 26.4 Å². The van der Waals surface area contributed by atoms with Gasteiger partial charge in [-0.25, -0.2) is 9.59 Å². The van der Waals surface area contributed by atoms with Gasteiger partial charge in [0.2, 0.25) is 5.78 Å². The number of hydrogen-bond donors (Lipinski definition) is 2. The molecule has 35 heavy (non-hydrogen) atoms. The second-order valence-electron chi connectivity index (χ2n) is 8.17. The predicted octanol–water partition coefficient (Wildman–Crippen LogP) is 3.01. The number of amides is 1. The van der Waals surface area contributed by atoms with Gasteiger partial charge in [0, 0.05) is 17.3 Å². The minimum absolute atomic E-state index is 0.159. The molecule has 0 saturated carbocycles. The molecule has 1 aromatic heterocycles. The maximum absolute atomic E-state index is 12.8. The molecular weight excluding hydrogens is 456 g/mol. The molecule has 1 aromatic carbocycles. The molecule has 0 unspecified atom stereocenters. The molecule has 190 valence electrons. The van der Waals surface area contributed by atoms with Crippen LogP contribution in [0.15, 0.2) is 18.2 Å². The molecule has 2 rings (SSSR count). The third kappa shape index (κ3) is 6.62. The maximum Gasteiger partial charge on any atom is 0.340 e. The van der Waals surface area contributed by atoms with Crippen molar-refractivity contribution in [3.05, 3.63) is 46.3 Å². The average Bonchev–Trinajstić information content (AvgIpc) is 3.13. The highest BCUT2D eigenvalue weighted by atomic mass is 16.5. The molecule has 0 aliphatic rings. The Morgan fingerprint density at radius 3 is 2.09 bits per heavy atom. The van der Waals surface area contributed by atoms with Crippen molar-refractivity contribution in [3.8, 4) is 11.5 Å². The van der Waals surface area contributed by atoms with Crippen LogP contribution < -0.4 is 14.8 Å². The fourth-order valence-electron chi connectivity index (χ4n) is 3.50. The van der Waals surface area contributed by atoms with Crippen LogP contribution in [0.4, 0.5) is 0 Å². The van der Waals surface area contributed by atoms with E-state index in [0.29, 0.717) is 22.8 Å². The zero-order valence-corrected chi connectivity index (χ0v) is 21.1. The molecule has 0 saturated heterocycles. The molecule has 0 bridgehead atoms. The summed E-state index contributed by atoms with van der Waals surface area (Å²) in [7, 11) is 2.93. The van der Waals surface area contributed by atoms with Crippen LogP contribution in [0.3, 0.4) is 0 Å². The summed E-state index contributed by atoms with van der Waals surface area (Å²) in [4.78, 5) is 53.3. The van der Waals surface area contributed by atoms with Crippen molar-refractivity contribution >= 4 is 23.6 Å². The normalized spacial score (nSPS) is 11.5. The Kier molecular flexibility index (Phi) is 9.44. The average molecular weight is 489 g/mol. The molecule has 1 atom stereocenters. The van der Waals surface area contributed by atoms with Crippen molar-refractivity contribution in [1.29, 1.82) is 0 Å². The Labute approximate surface area is 204 Å². The summed E-state index contributed by atoms with van der Waals surface area (Å²) >= 11 is 0. The molecule has 0 aliphatic heterocycles. The van der Waals surface area contributed by atoms with Crippen molar-refractivity contribution in [3.63, 3.8) is 0 Å². The second-order valence-corrected chi connectivity index (χ2v) is 8.17. The number of carbonyl (C=O) groups is 4. The van der Waals surface area contributed by atoms with Crippen LogP contribution in [0.1, 0.15) is 63.2 Å². The standard InChI is InChI=1S/C25H32N2O8/c1-8-34-24(30)20-14(4)22(26-15(20)5)19(28)12-35-25(31)21(13(2)3)27-23(29)16-9-17(32-6)11-18(10-16)33-7/h9-11,13,21,26H,8,12H2,1-7H3,(H,27,29)/t21-/m1/s1. The van der Waals surface area contributed by atoms with Crippen molar-refractivity contribution in [1.82, 2.24) is 10.3 Å². The molecule has 10 heteroatoms. The lowest BCUT2D eigenvalue weighted by molar-refractivity contribution is -0.145. The topological polar surface area (TPSA) is 133 Å². The van der Waals surface area contributed by atoms with E-state index in [1.54, 1.807) is 40.7 Å². The Hall–Kier alpha value is -3.82. The number of carbonyl (C=O) groups excluding carboxylic acids is 4. The first-order valence-corrected chi connectivity index (χ1v) is 11.1. The van der Waals surface area contributed by atoms with Crippen LogP contribution in [0.2, 0.25) is 0 Å². The van der Waals surface area contributed by atoms with Crippen LogP contribution in [0.25, 0.3) is 0 Å². The summed E-state index contributed by atoms with van der Waals surface area (Å²) in [5.41, 5.74) is 1.58. The number of esters is 2. The predicted molar refractivity (Wildman–Crippen MR) is 127 cm³/mol. The Balaban J connectivity index is 2.12. The molecule has 0 aliphatic carbocycles. The van der Waals surface area contributed by atoms with E-state index in [1.807, 2.05) is 0 Å². The second kappa shape index (κ2) is 12.0. The number of ether oxygens (including phenoxy) is 4. The van der Waals surface area contributed by atoms with Gasteiger partial charge in [0.05, 0.1) is 32.1 Å². The zero-order chi connectivity index (χ0) is 26.3. The number of methoxy groups -OCH3 is 2. The van der Waals surface area contributed by atoms with Crippen LogP contribution in [-0.4, -0.2) is 62.1 Å². The van der Waals surface area contributed by atoms with Crippen molar-refractivity contribution in [2.45, 2.75) is 40.7 Å². The van der Waals surface area contributed by atoms with Gasteiger partial charge in [-0.05, 0) is 44.4 Å². The van der Waals surface area contributed by atoms with Gasteiger partial charge in [-0.15, -0.1) is 0 Å². The minimum atomic E-state index is -1.01. The first-order chi connectivity index (χ1) is 16.5. The SMILES string of the molecule is CCOC(=O)c1c(C)[nH]c(C(=O)COC(=O)[C@H](NC(=O)c2cc(OC)cc(OC)c2)C(C)C)c1C. The Morgan fingerprint density at radius 2 is 1.57 bits per heavy atom. The van der Waals surface area contributed by atoms with E-state index in [4.69, 9.17) is 18.9 Å². The number of aromatic amines is 1. The fraction of sp³-hybridized carbons (Fsp3) is 0.440. The number of hydrogen-bond acceptors (Lipinski definition) is 8. The smallest absolute Gasteiger partial charge is 0.340 e. The number of Topliss-reactive ketones (excluding diaryl/α,β-unsaturated/α-hetero) is 1. The number of benzene rings is 1. The highest BCUT2D eigenvalue weighted by Gasteiger charge is 2.29. The molecule has 0 spiro atoms. The van der Waals surface area contributed by atoms with Crippen molar-refractivity contribution in [2.75, 3.05) is 27.4 Å². The van der Waals surface area contributed by atoms with Crippen LogP contribution in [0.5, 0.6) is 11.5 Å². The summed E-state index contributed by atoms with van der Waals surface area (Å²) in [6.07, 6.45) is 0. The van der Waals surface area contributed by atoms with Gasteiger partial charge < -0.3 is 29.2 Å². The minimum Gasteiger partial charge on any atom is -0.497 e. The first-order valence-electron chi connectivity index (χ1n) is 11.1. The van der Waals surface area contributed by atoms with Crippen LogP contribution in [-0.2, 0) is 14.3 Å². The van der Waals surface area contributed by atoms with Gasteiger partial charge in [-0.3, -0.25) is 9.59 Å². The van der Waals surface area contributed by atoms with E-state index in [9.17, 15) is 19.2 Å². The molecule has 0 fully saturated rings. The van der Waals surface area contributed by atoms with Gasteiger partial charge in [-0.1, -0.05) is 13.8 Å². The zero-order valence-electron chi connectivity index (χ0n) is 21.1. The van der Waals surface area contributed by atoms with Gasteiger partial charge in [-0.2, -0.15) is 0 Å². The number of aryl methyl sites for hydroxylation is 1. The fourth-order valence-corrected chi connectivity index (χ4v) is 3.50. The number of nitrogens with one attached hydrogen (secondary N) is 2. The Bertz CT molecular complexity index is 1080. The van der Waals surface area contributed by atoms with Gasteiger partial charge in [0.15, 0.2) is 6.61 Å². The van der Waals surface area contributed by atoms with Gasteiger partial charge in [0.25, 0.3) is 5.91 Å². The number of aromatic nitrogens is 1. The number of H-pyrrole nitrogens is 1. The van der Waals surface area contributed by atoms with Crippen molar-refractivity contribution < 1.29 is 38.1 Å². The lowest BCUT2D eigenvalue weighted by Crippen LogP contribution is -2.45. The van der Waals surface area contributed by atoms with Gasteiger partial charge >= 0.3 is 11.9 Å². The molecule has 2 aromatic rings. The summed E-state index contributed by atoms with van der Waals surface area (Å²) in [6, 6.07) is 3.64. The quantitative estimate of drug-likeness (QED) is 0.364. The summed E-state index contributed by atoms with van der Waals surface area (Å²) < 4.78 is 20.6. The first kappa shape index (κ1) is 27.4.